The average molecular weight is 280 g/mol. The van der Waals surface area contributed by atoms with E-state index >= 15 is 0 Å². The predicted octanol–water partition coefficient (Wildman–Crippen LogP) is 2.44. The van der Waals surface area contributed by atoms with Crippen LogP contribution in [0, 0.1) is 11.3 Å². The van der Waals surface area contributed by atoms with Crippen molar-refractivity contribution in [3.63, 3.8) is 0 Å². The second-order valence-corrected chi connectivity index (χ2v) is 6.03. The molecule has 21 heavy (non-hydrogen) atoms. The van der Waals surface area contributed by atoms with E-state index in [0.29, 0.717) is 5.56 Å². The fourth-order valence-corrected chi connectivity index (χ4v) is 3.07. The first-order chi connectivity index (χ1) is 10.2. The van der Waals surface area contributed by atoms with Crippen LogP contribution in [0.25, 0.3) is 0 Å². The fraction of sp³-hybridized carbons (Fsp3) is 0.412. The summed E-state index contributed by atoms with van der Waals surface area (Å²) in [6.07, 6.45) is 6.22. The van der Waals surface area contributed by atoms with Crippen LogP contribution in [0.15, 0.2) is 36.8 Å². The van der Waals surface area contributed by atoms with E-state index in [1.807, 2.05) is 36.8 Å². The topological polar surface area (TPSA) is 53.6 Å². The van der Waals surface area contributed by atoms with E-state index in [2.05, 4.69) is 27.9 Å². The summed E-state index contributed by atoms with van der Waals surface area (Å²) in [5.74, 6) is 0. The monoisotopic (exact) mass is 280 g/mol. The fourth-order valence-electron chi connectivity index (χ4n) is 3.07. The molecule has 3 rings (SSSR count). The van der Waals surface area contributed by atoms with Crippen LogP contribution in [-0.2, 0) is 12.0 Å². The Hall–Kier alpha value is -2.12. The minimum Gasteiger partial charge on any atom is -0.330 e. The smallest absolute Gasteiger partial charge is 0.0991 e. The molecule has 0 bridgehead atoms. The highest BCUT2D eigenvalue weighted by atomic mass is 15.1. The number of rotatable bonds is 3. The van der Waals surface area contributed by atoms with Crippen LogP contribution in [0.1, 0.15) is 36.6 Å². The number of hydrogen-bond acceptors (Lipinski definition) is 3. The molecule has 2 heterocycles. The number of benzene rings is 1. The maximum absolute atomic E-state index is 8.86. The van der Waals surface area contributed by atoms with Gasteiger partial charge in [0, 0.05) is 23.9 Å². The van der Waals surface area contributed by atoms with Crippen molar-refractivity contribution in [1.82, 2.24) is 14.9 Å². The van der Waals surface area contributed by atoms with Crippen LogP contribution >= 0.6 is 0 Å². The van der Waals surface area contributed by atoms with E-state index in [1.165, 1.54) is 11.3 Å². The van der Waals surface area contributed by atoms with Crippen LogP contribution in [0.5, 0.6) is 0 Å². The summed E-state index contributed by atoms with van der Waals surface area (Å²) in [4.78, 5) is 4.36. The van der Waals surface area contributed by atoms with Crippen LogP contribution in [0.4, 0.5) is 0 Å². The van der Waals surface area contributed by atoms with Gasteiger partial charge in [-0.2, -0.15) is 5.26 Å². The first-order valence-corrected chi connectivity index (χ1v) is 7.42. The lowest BCUT2D eigenvalue weighted by molar-refractivity contribution is 0.318. The number of nitrogens with one attached hydrogen (secondary N) is 1. The Kier molecular flexibility index (Phi) is 3.76. The largest absolute Gasteiger partial charge is 0.330 e. The van der Waals surface area contributed by atoms with Gasteiger partial charge in [-0.05, 0) is 43.6 Å². The third kappa shape index (κ3) is 2.84. The van der Waals surface area contributed by atoms with Gasteiger partial charge in [-0.1, -0.05) is 19.1 Å². The van der Waals surface area contributed by atoms with E-state index in [0.717, 1.165) is 32.5 Å². The van der Waals surface area contributed by atoms with E-state index < -0.39 is 0 Å². The Labute approximate surface area is 125 Å². The van der Waals surface area contributed by atoms with Crippen molar-refractivity contribution in [2.75, 3.05) is 13.1 Å². The Morgan fingerprint density at radius 3 is 2.67 bits per heavy atom. The van der Waals surface area contributed by atoms with Crippen LogP contribution < -0.4 is 5.32 Å². The summed E-state index contributed by atoms with van der Waals surface area (Å²) in [6, 6.07) is 9.94. The number of nitriles is 1. The lowest BCUT2D eigenvalue weighted by Crippen LogP contribution is -2.39. The second-order valence-electron chi connectivity index (χ2n) is 6.03. The van der Waals surface area contributed by atoms with Crippen molar-refractivity contribution in [3.8, 4) is 6.07 Å². The van der Waals surface area contributed by atoms with E-state index in [9.17, 15) is 0 Å². The molecule has 0 aliphatic carbocycles. The molecule has 1 N–H and O–H groups in total. The molecule has 1 aromatic carbocycles. The molecule has 108 valence electrons. The summed E-state index contributed by atoms with van der Waals surface area (Å²) in [7, 11) is 0. The standard InChI is InChI=1S/C17H20N4/c1-17(6-8-19-9-7-17)16-11-20-13-21(16)12-15-4-2-14(10-18)3-5-15/h2-5,11,13,19H,6-9,12H2,1H3. The molecule has 1 fully saturated rings. The number of nitrogens with zero attached hydrogens (tertiary/aromatic N) is 3. The lowest BCUT2D eigenvalue weighted by Gasteiger charge is -2.34. The summed E-state index contributed by atoms with van der Waals surface area (Å²) in [6.45, 7) is 5.28. The molecular formula is C17H20N4. The van der Waals surface area contributed by atoms with Gasteiger partial charge in [0.05, 0.1) is 18.0 Å². The minimum atomic E-state index is 0.203. The Morgan fingerprint density at radius 2 is 2.00 bits per heavy atom. The van der Waals surface area contributed by atoms with Gasteiger partial charge in [0.15, 0.2) is 0 Å². The quantitative estimate of drug-likeness (QED) is 0.939. The SMILES string of the molecule is CC1(c2cncn2Cc2ccc(C#N)cc2)CCNCC1. The summed E-state index contributed by atoms with van der Waals surface area (Å²) in [5.41, 5.74) is 3.42. The summed E-state index contributed by atoms with van der Waals surface area (Å²) in [5, 5.41) is 12.3. The first-order valence-electron chi connectivity index (χ1n) is 7.42. The van der Waals surface area contributed by atoms with Crippen molar-refractivity contribution in [2.45, 2.75) is 31.7 Å². The maximum atomic E-state index is 8.86. The van der Waals surface area contributed by atoms with Gasteiger partial charge in [0.25, 0.3) is 0 Å². The molecule has 1 aliphatic heterocycles. The predicted molar refractivity (Wildman–Crippen MR) is 81.9 cm³/mol. The van der Waals surface area contributed by atoms with Gasteiger partial charge in [0.1, 0.15) is 0 Å². The highest BCUT2D eigenvalue weighted by Gasteiger charge is 2.31. The van der Waals surface area contributed by atoms with E-state index in [-0.39, 0.29) is 5.41 Å². The molecule has 2 aromatic rings. The molecule has 4 heteroatoms. The number of hydrogen-bond donors (Lipinski definition) is 1. The zero-order valence-corrected chi connectivity index (χ0v) is 12.3. The molecule has 1 saturated heterocycles. The third-order valence-corrected chi connectivity index (χ3v) is 4.47. The number of piperidine rings is 1. The third-order valence-electron chi connectivity index (χ3n) is 4.47. The molecule has 0 radical (unpaired) electrons. The van der Waals surface area contributed by atoms with Gasteiger partial charge in [-0.15, -0.1) is 0 Å². The number of imidazole rings is 1. The normalized spacial score (nSPS) is 17.3. The summed E-state index contributed by atoms with van der Waals surface area (Å²) < 4.78 is 2.24. The van der Waals surface area contributed by atoms with Gasteiger partial charge in [0.2, 0.25) is 0 Å². The Balaban J connectivity index is 1.83. The van der Waals surface area contributed by atoms with Crippen molar-refractivity contribution in [1.29, 1.82) is 5.26 Å². The molecular weight excluding hydrogens is 260 g/mol. The van der Waals surface area contributed by atoms with Gasteiger partial charge in [-0.25, -0.2) is 4.98 Å². The van der Waals surface area contributed by atoms with E-state index in [4.69, 9.17) is 5.26 Å². The van der Waals surface area contributed by atoms with Gasteiger partial charge >= 0.3 is 0 Å². The molecule has 0 saturated carbocycles. The molecule has 0 unspecified atom stereocenters. The maximum Gasteiger partial charge on any atom is 0.0991 e. The highest BCUT2D eigenvalue weighted by Crippen LogP contribution is 2.32. The van der Waals surface area contributed by atoms with Crippen molar-refractivity contribution in [3.05, 3.63) is 53.6 Å². The van der Waals surface area contributed by atoms with Crippen molar-refractivity contribution >= 4 is 0 Å². The van der Waals surface area contributed by atoms with E-state index in [1.54, 1.807) is 0 Å². The molecule has 0 atom stereocenters. The number of aromatic nitrogens is 2. The molecule has 1 aliphatic rings. The van der Waals surface area contributed by atoms with Crippen molar-refractivity contribution in [2.24, 2.45) is 0 Å². The van der Waals surface area contributed by atoms with Crippen LogP contribution in [0.2, 0.25) is 0 Å². The lowest BCUT2D eigenvalue weighted by atomic mass is 9.78. The van der Waals surface area contributed by atoms with Gasteiger partial charge < -0.3 is 9.88 Å². The summed E-state index contributed by atoms with van der Waals surface area (Å²) >= 11 is 0. The Bertz CT molecular complexity index is 642. The van der Waals surface area contributed by atoms with Crippen LogP contribution in [0.3, 0.4) is 0 Å². The second kappa shape index (κ2) is 5.71. The van der Waals surface area contributed by atoms with Gasteiger partial charge in [-0.3, -0.25) is 0 Å². The molecule has 1 aromatic heterocycles. The minimum absolute atomic E-state index is 0.203. The van der Waals surface area contributed by atoms with Crippen LogP contribution in [-0.4, -0.2) is 22.6 Å². The molecule has 0 spiro atoms. The molecule has 4 nitrogen and oxygen atoms in total. The zero-order chi connectivity index (χ0) is 14.7. The average Bonchev–Trinajstić information content (AvgIpc) is 2.98. The first kappa shape index (κ1) is 13.8. The molecule has 0 amide bonds. The Morgan fingerprint density at radius 1 is 1.29 bits per heavy atom. The van der Waals surface area contributed by atoms with Crippen molar-refractivity contribution < 1.29 is 0 Å². The highest BCUT2D eigenvalue weighted by molar-refractivity contribution is 5.32. The zero-order valence-electron chi connectivity index (χ0n) is 12.3.